The number of benzene rings is 1. The summed E-state index contributed by atoms with van der Waals surface area (Å²) >= 11 is 0. The normalized spacial score (nSPS) is 10.6. The molecule has 0 aliphatic carbocycles. The molecular weight excluding hydrogens is 281 g/mol. The van der Waals surface area contributed by atoms with Gasteiger partial charge in [-0.3, -0.25) is 4.79 Å². The molecule has 1 N–H and O–H groups in total. The summed E-state index contributed by atoms with van der Waals surface area (Å²) in [7, 11) is 0. The van der Waals surface area contributed by atoms with Crippen molar-refractivity contribution < 1.29 is 18.0 Å². The number of nitrogens with one attached hydrogen (secondary N) is 1. The third-order valence-electron chi connectivity index (χ3n) is 3.05. The Bertz CT molecular complexity index is 706. The van der Waals surface area contributed by atoms with Gasteiger partial charge in [0.1, 0.15) is 0 Å². The molecule has 0 saturated carbocycles. The van der Waals surface area contributed by atoms with E-state index in [-0.39, 0.29) is 0 Å². The zero-order chi connectivity index (χ0) is 15.7. The summed E-state index contributed by atoms with van der Waals surface area (Å²) < 4.78 is 39.6. The van der Waals surface area contributed by atoms with E-state index in [1.807, 2.05) is 19.1 Å². The molecule has 1 amide bonds. The van der Waals surface area contributed by atoms with Crippen molar-refractivity contribution in [3.63, 3.8) is 0 Å². The monoisotopic (exact) mass is 294 g/mol. The summed E-state index contributed by atoms with van der Waals surface area (Å²) in [5, 5.41) is 2.48. The predicted molar refractivity (Wildman–Crippen MR) is 72.7 cm³/mol. The standard InChI is InChI=1S/C15H13F3N2O/c1-7-4-8(2)13(9(3)5-7)20-15(21)10-6-11(16)19-14(18)12(10)17/h4-6H,1-3H3,(H,20,21). The Morgan fingerprint density at radius 1 is 1.05 bits per heavy atom. The van der Waals surface area contributed by atoms with Gasteiger partial charge in [-0.1, -0.05) is 17.7 Å². The molecule has 0 atom stereocenters. The lowest BCUT2D eigenvalue weighted by molar-refractivity contribution is 0.102. The highest BCUT2D eigenvalue weighted by atomic mass is 19.2. The second-order valence-electron chi connectivity index (χ2n) is 4.83. The fourth-order valence-corrected chi connectivity index (χ4v) is 2.19. The molecule has 0 spiro atoms. The molecule has 1 aromatic heterocycles. The van der Waals surface area contributed by atoms with Crippen LogP contribution in [0, 0.1) is 38.5 Å². The largest absolute Gasteiger partial charge is 0.321 e. The van der Waals surface area contributed by atoms with E-state index in [1.165, 1.54) is 0 Å². The highest BCUT2D eigenvalue weighted by Gasteiger charge is 2.20. The Hall–Kier alpha value is -2.37. The first kappa shape index (κ1) is 15.0. The first-order valence-corrected chi connectivity index (χ1v) is 6.20. The average molecular weight is 294 g/mol. The van der Waals surface area contributed by atoms with Gasteiger partial charge in [0.2, 0.25) is 5.95 Å². The minimum absolute atomic E-state index is 0.489. The first-order valence-electron chi connectivity index (χ1n) is 6.20. The fourth-order valence-electron chi connectivity index (χ4n) is 2.19. The third-order valence-corrected chi connectivity index (χ3v) is 3.05. The van der Waals surface area contributed by atoms with Gasteiger partial charge in [0, 0.05) is 11.8 Å². The van der Waals surface area contributed by atoms with Gasteiger partial charge < -0.3 is 5.32 Å². The van der Waals surface area contributed by atoms with E-state index in [0.717, 1.165) is 16.7 Å². The second-order valence-corrected chi connectivity index (χ2v) is 4.83. The predicted octanol–water partition coefficient (Wildman–Crippen LogP) is 3.68. The molecule has 0 aliphatic rings. The van der Waals surface area contributed by atoms with E-state index in [0.29, 0.717) is 11.8 Å². The first-order chi connectivity index (χ1) is 9.79. The van der Waals surface area contributed by atoms with Gasteiger partial charge >= 0.3 is 0 Å². The van der Waals surface area contributed by atoms with Crippen molar-refractivity contribution in [3.8, 4) is 0 Å². The van der Waals surface area contributed by atoms with Gasteiger partial charge in [-0.25, -0.2) is 4.39 Å². The summed E-state index contributed by atoms with van der Waals surface area (Å²) in [5.41, 5.74) is 2.32. The van der Waals surface area contributed by atoms with Crippen LogP contribution in [0.25, 0.3) is 0 Å². The van der Waals surface area contributed by atoms with Gasteiger partial charge in [-0.15, -0.1) is 0 Å². The number of aryl methyl sites for hydroxylation is 3. The van der Waals surface area contributed by atoms with Gasteiger partial charge in [0.15, 0.2) is 5.82 Å². The van der Waals surface area contributed by atoms with Gasteiger partial charge in [0.05, 0.1) is 5.56 Å². The SMILES string of the molecule is Cc1cc(C)c(NC(=O)c2cc(F)nc(F)c2F)c(C)c1. The molecule has 0 saturated heterocycles. The average Bonchev–Trinajstić information content (AvgIpc) is 2.37. The Kier molecular flexibility index (Phi) is 3.97. The molecule has 0 aliphatic heterocycles. The number of carbonyl (C=O) groups is 1. The number of rotatable bonds is 2. The van der Waals surface area contributed by atoms with Crippen LogP contribution in [0.2, 0.25) is 0 Å². The number of anilines is 1. The van der Waals surface area contributed by atoms with Crippen molar-refractivity contribution in [2.24, 2.45) is 0 Å². The van der Waals surface area contributed by atoms with E-state index in [1.54, 1.807) is 13.8 Å². The van der Waals surface area contributed by atoms with Crippen molar-refractivity contribution in [2.45, 2.75) is 20.8 Å². The zero-order valence-electron chi connectivity index (χ0n) is 11.7. The maximum absolute atomic E-state index is 13.5. The Balaban J connectivity index is 2.40. The number of pyridine rings is 1. The Labute approximate surface area is 119 Å². The number of carbonyl (C=O) groups excluding carboxylic acids is 1. The molecule has 3 nitrogen and oxygen atoms in total. The number of halogens is 3. The number of nitrogens with zero attached hydrogens (tertiary/aromatic N) is 1. The lowest BCUT2D eigenvalue weighted by Gasteiger charge is -2.13. The molecule has 6 heteroatoms. The Morgan fingerprint density at radius 3 is 2.19 bits per heavy atom. The topological polar surface area (TPSA) is 42.0 Å². The fraction of sp³-hybridized carbons (Fsp3) is 0.200. The molecule has 110 valence electrons. The number of hydrogen-bond donors (Lipinski definition) is 1. The van der Waals surface area contributed by atoms with Crippen LogP contribution in [0.15, 0.2) is 18.2 Å². The highest BCUT2D eigenvalue weighted by molar-refractivity contribution is 6.05. The van der Waals surface area contributed by atoms with Crippen molar-refractivity contribution >= 4 is 11.6 Å². The van der Waals surface area contributed by atoms with Crippen molar-refractivity contribution in [1.82, 2.24) is 4.98 Å². The summed E-state index contributed by atoms with van der Waals surface area (Å²) in [6.45, 7) is 5.46. The summed E-state index contributed by atoms with van der Waals surface area (Å²) in [6.07, 6.45) is 0. The lowest BCUT2D eigenvalue weighted by atomic mass is 10.0. The highest BCUT2D eigenvalue weighted by Crippen LogP contribution is 2.23. The van der Waals surface area contributed by atoms with Crippen LogP contribution < -0.4 is 5.32 Å². The van der Waals surface area contributed by atoms with Crippen LogP contribution in [0.4, 0.5) is 18.9 Å². The van der Waals surface area contributed by atoms with Gasteiger partial charge in [-0.2, -0.15) is 13.8 Å². The Morgan fingerprint density at radius 2 is 1.62 bits per heavy atom. The molecule has 1 aromatic carbocycles. The van der Waals surface area contributed by atoms with E-state index < -0.39 is 29.2 Å². The molecular formula is C15H13F3N2O. The maximum atomic E-state index is 13.5. The molecule has 0 radical (unpaired) electrons. The summed E-state index contributed by atoms with van der Waals surface area (Å²) in [5.74, 6) is -5.30. The lowest BCUT2D eigenvalue weighted by Crippen LogP contribution is -2.17. The van der Waals surface area contributed by atoms with E-state index >= 15 is 0 Å². The minimum Gasteiger partial charge on any atom is -0.321 e. The number of hydrogen-bond acceptors (Lipinski definition) is 2. The molecule has 0 unspecified atom stereocenters. The zero-order valence-corrected chi connectivity index (χ0v) is 11.7. The molecule has 2 rings (SSSR count). The van der Waals surface area contributed by atoms with Crippen molar-refractivity contribution in [2.75, 3.05) is 5.32 Å². The molecule has 1 heterocycles. The quantitative estimate of drug-likeness (QED) is 0.859. The van der Waals surface area contributed by atoms with Crippen LogP contribution in [0.5, 0.6) is 0 Å². The minimum atomic E-state index is -1.64. The van der Waals surface area contributed by atoms with Crippen LogP contribution in [0.3, 0.4) is 0 Å². The van der Waals surface area contributed by atoms with E-state index in [9.17, 15) is 18.0 Å². The number of aromatic nitrogens is 1. The number of amides is 1. The smallest absolute Gasteiger partial charge is 0.258 e. The van der Waals surface area contributed by atoms with Gasteiger partial charge in [-0.05, 0) is 31.9 Å². The molecule has 0 bridgehead atoms. The van der Waals surface area contributed by atoms with Crippen LogP contribution in [-0.2, 0) is 0 Å². The molecule has 21 heavy (non-hydrogen) atoms. The van der Waals surface area contributed by atoms with Crippen LogP contribution >= 0.6 is 0 Å². The van der Waals surface area contributed by atoms with Crippen LogP contribution in [0.1, 0.15) is 27.0 Å². The van der Waals surface area contributed by atoms with Gasteiger partial charge in [0.25, 0.3) is 11.9 Å². The summed E-state index contributed by atoms with van der Waals surface area (Å²) in [4.78, 5) is 14.7. The second kappa shape index (κ2) is 5.55. The van der Waals surface area contributed by atoms with Crippen molar-refractivity contribution in [1.29, 1.82) is 0 Å². The summed E-state index contributed by atoms with van der Waals surface area (Å²) in [6, 6.07) is 4.24. The third kappa shape index (κ3) is 3.04. The maximum Gasteiger partial charge on any atom is 0.258 e. The van der Waals surface area contributed by atoms with Crippen LogP contribution in [-0.4, -0.2) is 10.9 Å². The molecule has 2 aromatic rings. The van der Waals surface area contributed by atoms with E-state index in [2.05, 4.69) is 10.3 Å². The molecule has 0 fully saturated rings. The van der Waals surface area contributed by atoms with Crippen molar-refractivity contribution in [3.05, 3.63) is 58.2 Å². The van der Waals surface area contributed by atoms with E-state index in [4.69, 9.17) is 0 Å².